The summed E-state index contributed by atoms with van der Waals surface area (Å²) in [6.07, 6.45) is 6.82. The van der Waals surface area contributed by atoms with E-state index < -0.39 is 0 Å². The molecule has 1 nitrogen and oxygen atoms in total. The molecule has 0 aromatic carbocycles. The summed E-state index contributed by atoms with van der Waals surface area (Å²) >= 11 is 3.29. The van der Waals surface area contributed by atoms with Crippen LogP contribution in [0.2, 0.25) is 0 Å². The summed E-state index contributed by atoms with van der Waals surface area (Å²) in [4.78, 5) is 1.89. The Morgan fingerprint density at radius 3 is 2.73 bits per heavy atom. The van der Waals surface area contributed by atoms with Crippen molar-refractivity contribution in [1.82, 2.24) is 0 Å². The average molecular weight is 219 g/mol. The molecule has 0 aliphatic heterocycles. The first-order valence-corrected chi connectivity index (χ1v) is 5.23. The van der Waals surface area contributed by atoms with Crippen LogP contribution in [0.4, 0.5) is 0 Å². The largest absolute Gasteiger partial charge is 0.389 e. The predicted octanol–water partition coefficient (Wildman–Crippen LogP) is 2.98. The molecular formula is C9H15BrO. The van der Waals surface area contributed by atoms with Gasteiger partial charge in [-0.2, -0.15) is 0 Å². The highest BCUT2D eigenvalue weighted by Crippen LogP contribution is 2.22. The first-order chi connectivity index (χ1) is 5.34. The SMILES string of the molecule is O[C@H]1CCCCCC/C1=C\Br. The third-order valence-corrected chi connectivity index (χ3v) is 2.85. The van der Waals surface area contributed by atoms with Crippen molar-refractivity contribution >= 4 is 15.9 Å². The molecule has 0 unspecified atom stereocenters. The summed E-state index contributed by atoms with van der Waals surface area (Å²) in [6, 6.07) is 0. The highest BCUT2D eigenvalue weighted by atomic mass is 79.9. The Bertz CT molecular complexity index is 142. The fraction of sp³-hybridized carbons (Fsp3) is 0.778. The van der Waals surface area contributed by atoms with Gasteiger partial charge in [-0.25, -0.2) is 0 Å². The monoisotopic (exact) mass is 218 g/mol. The molecule has 0 saturated heterocycles. The molecule has 1 aliphatic carbocycles. The summed E-state index contributed by atoms with van der Waals surface area (Å²) in [6.45, 7) is 0. The van der Waals surface area contributed by atoms with Crippen molar-refractivity contribution in [2.45, 2.75) is 44.6 Å². The molecule has 11 heavy (non-hydrogen) atoms. The number of halogens is 1. The van der Waals surface area contributed by atoms with Crippen LogP contribution in [0.3, 0.4) is 0 Å². The Balaban J connectivity index is 2.46. The maximum absolute atomic E-state index is 9.58. The van der Waals surface area contributed by atoms with E-state index in [1.54, 1.807) is 0 Å². The molecule has 64 valence electrons. The number of rotatable bonds is 0. The smallest absolute Gasteiger partial charge is 0.0758 e. The fourth-order valence-electron chi connectivity index (χ4n) is 1.50. The lowest BCUT2D eigenvalue weighted by Gasteiger charge is -2.17. The van der Waals surface area contributed by atoms with E-state index in [1.165, 1.54) is 31.3 Å². The van der Waals surface area contributed by atoms with Crippen molar-refractivity contribution < 1.29 is 5.11 Å². The lowest BCUT2D eigenvalue weighted by molar-refractivity contribution is 0.187. The molecular weight excluding hydrogens is 204 g/mol. The standard InChI is InChI=1S/C9H15BrO/c10-7-8-5-3-1-2-4-6-9(8)11/h7,9,11H,1-6H2/b8-7+/t9-/m0/s1. The normalized spacial score (nSPS) is 31.5. The van der Waals surface area contributed by atoms with E-state index in [4.69, 9.17) is 0 Å². The maximum Gasteiger partial charge on any atom is 0.0758 e. The molecule has 1 aliphatic rings. The zero-order valence-corrected chi connectivity index (χ0v) is 8.31. The van der Waals surface area contributed by atoms with Crippen LogP contribution in [0.25, 0.3) is 0 Å². The number of hydrogen-bond donors (Lipinski definition) is 1. The van der Waals surface area contributed by atoms with E-state index in [2.05, 4.69) is 15.9 Å². The molecule has 0 spiro atoms. The quantitative estimate of drug-likeness (QED) is 0.664. The number of aliphatic hydroxyl groups is 1. The number of aliphatic hydroxyl groups excluding tert-OH is 1. The molecule has 0 aromatic rings. The van der Waals surface area contributed by atoms with Crippen LogP contribution in [-0.4, -0.2) is 11.2 Å². The summed E-state index contributed by atoms with van der Waals surface area (Å²) < 4.78 is 0. The second-order valence-electron chi connectivity index (χ2n) is 3.15. The molecule has 0 amide bonds. The highest BCUT2D eigenvalue weighted by molar-refractivity contribution is 9.11. The minimum absolute atomic E-state index is 0.185. The van der Waals surface area contributed by atoms with Gasteiger partial charge in [0, 0.05) is 0 Å². The molecule has 1 saturated carbocycles. The van der Waals surface area contributed by atoms with Gasteiger partial charge < -0.3 is 5.11 Å². The second kappa shape index (κ2) is 4.94. The van der Waals surface area contributed by atoms with Crippen LogP contribution < -0.4 is 0 Å². The molecule has 1 atom stereocenters. The van der Waals surface area contributed by atoms with Gasteiger partial charge in [0.15, 0.2) is 0 Å². The van der Waals surface area contributed by atoms with Crippen LogP contribution in [0.15, 0.2) is 10.6 Å². The Labute approximate surface area is 76.6 Å². The molecule has 0 bridgehead atoms. The van der Waals surface area contributed by atoms with Gasteiger partial charge in [-0.1, -0.05) is 35.2 Å². The molecule has 2 heteroatoms. The third-order valence-electron chi connectivity index (χ3n) is 2.26. The van der Waals surface area contributed by atoms with Gasteiger partial charge in [0.2, 0.25) is 0 Å². The van der Waals surface area contributed by atoms with Gasteiger partial charge in [0.05, 0.1) is 6.10 Å². The zero-order chi connectivity index (χ0) is 8.10. The van der Waals surface area contributed by atoms with Gasteiger partial charge >= 0.3 is 0 Å². The summed E-state index contributed by atoms with van der Waals surface area (Å²) in [5.74, 6) is 0. The van der Waals surface area contributed by atoms with Crippen molar-refractivity contribution in [1.29, 1.82) is 0 Å². The van der Waals surface area contributed by atoms with E-state index in [0.717, 1.165) is 12.8 Å². The molecule has 1 N–H and O–H groups in total. The Morgan fingerprint density at radius 2 is 2.00 bits per heavy atom. The van der Waals surface area contributed by atoms with Crippen molar-refractivity contribution in [3.05, 3.63) is 10.6 Å². The van der Waals surface area contributed by atoms with Gasteiger partial charge in [-0.3, -0.25) is 0 Å². The number of hydrogen-bond acceptors (Lipinski definition) is 1. The maximum atomic E-state index is 9.58. The van der Waals surface area contributed by atoms with Crippen molar-refractivity contribution in [2.24, 2.45) is 0 Å². The summed E-state index contributed by atoms with van der Waals surface area (Å²) in [5, 5.41) is 9.58. The molecule has 1 fully saturated rings. The van der Waals surface area contributed by atoms with E-state index in [-0.39, 0.29) is 6.10 Å². The highest BCUT2D eigenvalue weighted by Gasteiger charge is 2.12. The van der Waals surface area contributed by atoms with Crippen molar-refractivity contribution in [3.8, 4) is 0 Å². The minimum atomic E-state index is -0.185. The van der Waals surface area contributed by atoms with E-state index >= 15 is 0 Å². The van der Waals surface area contributed by atoms with Gasteiger partial charge in [-0.05, 0) is 29.8 Å². The predicted molar refractivity (Wildman–Crippen MR) is 50.7 cm³/mol. The van der Waals surface area contributed by atoms with Crippen molar-refractivity contribution in [3.63, 3.8) is 0 Å². The second-order valence-corrected chi connectivity index (χ2v) is 3.61. The summed E-state index contributed by atoms with van der Waals surface area (Å²) in [7, 11) is 0. The van der Waals surface area contributed by atoms with E-state index in [0.29, 0.717) is 0 Å². The summed E-state index contributed by atoms with van der Waals surface area (Å²) in [5.41, 5.74) is 1.17. The Kier molecular flexibility index (Phi) is 4.16. The van der Waals surface area contributed by atoms with Crippen LogP contribution in [0.1, 0.15) is 38.5 Å². The fourth-order valence-corrected chi connectivity index (χ4v) is 2.03. The van der Waals surface area contributed by atoms with Gasteiger partial charge in [-0.15, -0.1) is 0 Å². The molecule has 0 aromatic heterocycles. The molecule has 0 radical (unpaired) electrons. The zero-order valence-electron chi connectivity index (χ0n) is 6.72. The first-order valence-electron chi connectivity index (χ1n) is 4.32. The van der Waals surface area contributed by atoms with Gasteiger partial charge in [0.25, 0.3) is 0 Å². The van der Waals surface area contributed by atoms with Crippen LogP contribution >= 0.6 is 15.9 Å². The van der Waals surface area contributed by atoms with Crippen LogP contribution in [0, 0.1) is 0 Å². The van der Waals surface area contributed by atoms with E-state index in [1.807, 2.05) is 4.99 Å². The van der Waals surface area contributed by atoms with Crippen LogP contribution in [-0.2, 0) is 0 Å². The van der Waals surface area contributed by atoms with Gasteiger partial charge in [0.1, 0.15) is 0 Å². The Hall–Kier alpha value is 0.180. The minimum Gasteiger partial charge on any atom is -0.389 e. The van der Waals surface area contributed by atoms with Crippen molar-refractivity contribution in [2.75, 3.05) is 0 Å². The topological polar surface area (TPSA) is 20.2 Å². The lowest BCUT2D eigenvalue weighted by atomic mass is 9.95. The van der Waals surface area contributed by atoms with Crippen LogP contribution in [0.5, 0.6) is 0 Å². The molecule has 0 heterocycles. The van der Waals surface area contributed by atoms with E-state index in [9.17, 15) is 5.11 Å². The Morgan fingerprint density at radius 1 is 1.27 bits per heavy atom. The first kappa shape index (κ1) is 9.27. The lowest BCUT2D eigenvalue weighted by Crippen LogP contribution is -2.11. The molecule has 1 rings (SSSR count). The average Bonchev–Trinajstić information content (AvgIpc) is 1.98. The third kappa shape index (κ3) is 2.96.